The van der Waals surface area contributed by atoms with Crippen molar-refractivity contribution in [1.29, 1.82) is 0 Å². The first-order chi connectivity index (χ1) is 14.0. The van der Waals surface area contributed by atoms with Gasteiger partial charge in [0.1, 0.15) is 0 Å². The van der Waals surface area contributed by atoms with E-state index in [0.29, 0.717) is 26.1 Å². The highest BCUT2D eigenvalue weighted by atomic mass is 16.2. The quantitative estimate of drug-likeness (QED) is 0.787. The number of carbonyl (C=O) groups is 2. The van der Waals surface area contributed by atoms with E-state index in [1.165, 1.54) is 0 Å². The van der Waals surface area contributed by atoms with Crippen LogP contribution in [-0.4, -0.2) is 60.4 Å². The first-order valence-corrected chi connectivity index (χ1v) is 10.4. The Bertz CT molecular complexity index is 745. The third kappa shape index (κ3) is 6.16. The maximum atomic E-state index is 13.1. The Hall–Kier alpha value is -2.66. The summed E-state index contributed by atoms with van der Waals surface area (Å²) in [5.41, 5.74) is 2.33. The molecule has 29 heavy (non-hydrogen) atoms. The van der Waals surface area contributed by atoms with E-state index >= 15 is 0 Å². The van der Waals surface area contributed by atoms with Crippen molar-refractivity contribution in [2.75, 3.05) is 32.7 Å². The molecule has 1 N–H and O–H groups in total. The maximum absolute atomic E-state index is 13.1. The SMILES string of the molecule is CC(C)NC(=O)CN1CCN(C(=O)CC(c2ccccc2)c2ccccc2)CC1. The van der Waals surface area contributed by atoms with Gasteiger partial charge in [0, 0.05) is 44.6 Å². The molecule has 2 aromatic carbocycles. The van der Waals surface area contributed by atoms with Gasteiger partial charge in [0.2, 0.25) is 11.8 Å². The number of rotatable bonds is 7. The largest absolute Gasteiger partial charge is 0.353 e. The third-order valence-corrected chi connectivity index (χ3v) is 5.32. The number of hydrogen-bond acceptors (Lipinski definition) is 3. The van der Waals surface area contributed by atoms with Crippen molar-refractivity contribution in [2.45, 2.75) is 32.2 Å². The van der Waals surface area contributed by atoms with Gasteiger partial charge in [-0.2, -0.15) is 0 Å². The molecule has 1 aliphatic heterocycles. The van der Waals surface area contributed by atoms with E-state index in [2.05, 4.69) is 34.5 Å². The van der Waals surface area contributed by atoms with E-state index < -0.39 is 0 Å². The van der Waals surface area contributed by atoms with Crippen molar-refractivity contribution >= 4 is 11.8 Å². The molecule has 1 aliphatic rings. The molecule has 2 amide bonds. The molecule has 154 valence electrons. The topological polar surface area (TPSA) is 52.7 Å². The molecule has 1 heterocycles. The summed E-state index contributed by atoms with van der Waals surface area (Å²) in [5, 5.41) is 2.93. The van der Waals surface area contributed by atoms with Crippen molar-refractivity contribution in [3.05, 3.63) is 71.8 Å². The van der Waals surface area contributed by atoms with E-state index in [9.17, 15) is 9.59 Å². The van der Waals surface area contributed by atoms with Crippen LogP contribution >= 0.6 is 0 Å². The Balaban J connectivity index is 1.59. The second-order valence-electron chi connectivity index (χ2n) is 7.96. The van der Waals surface area contributed by atoms with Gasteiger partial charge in [-0.3, -0.25) is 14.5 Å². The Morgan fingerprint density at radius 3 is 1.86 bits per heavy atom. The molecule has 3 rings (SSSR count). The lowest BCUT2D eigenvalue weighted by Gasteiger charge is -2.35. The van der Waals surface area contributed by atoms with E-state index in [0.717, 1.165) is 24.2 Å². The fourth-order valence-electron chi connectivity index (χ4n) is 3.83. The molecule has 0 bridgehead atoms. The number of nitrogens with zero attached hydrogens (tertiary/aromatic N) is 2. The molecule has 1 fully saturated rings. The van der Waals surface area contributed by atoms with Crippen molar-refractivity contribution in [3.63, 3.8) is 0 Å². The van der Waals surface area contributed by atoms with E-state index in [-0.39, 0.29) is 23.8 Å². The number of carbonyl (C=O) groups excluding carboxylic acids is 2. The van der Waals surface area contributed by atoms with Crippen LogP contribution in [0.2, 0.25) is 0 Å². The highest BCUT2D eigenvalue weighted by Crippen LogP contribution is 2.28. The molecule has 0 unspecified atom stereocenters. The van der Waals surface area contributed by atoms with Gasteiger partial charge in [-0.1, -0.05) is 60.7 Å². The summed E-state index contributed by atoms with van der Waals surface area (Å²) in [4.78, 5) is 29.1. The van der Waals surface area contributed by atoms with Gasteiger partial charge in [0.05, 0.1) is 6.54 Å². The van der Waals surface area contributed by atoms with Crippen LogP contribution in [-0.2, 0) is 9.59 Å². The average molecular weight is 394 g/mol. The molecule has 0 radical (unpaired) electrons. The molecule has 0 spiro atoms. The molecular weight excluding hydrogens is 362 g/mol. The Morgan fingerprint density at radius 2 is 1.38 bits per heavy atom. The summed E-state index contributed by atoms with van der Waals surface area (Å²) in [5.74, 6) is 0.279. The van der Waals surface area contributed by atoms with Crippen molar-refractivity contribution in [2.24, 2.45) is 0 Å². The van der Waals surface area contributed by atoms with E-state index in [1.807, 2.05) is 55.1 Å². The first kappa shape index (κ1) is 21.1. The molecule has 5 heteroatoms. The number of benzene rings is 2. The molecule has 2 aromatic rings. The minimum absolute atomic E-state index is 0.0491. The highest BCUT2D eigenvalue weighted by molar-refractivity contribution is 5.79. The average Bonchev–Trinajstić information content (AvgIpc) is 2.73. The summed E-state index contributed by atoms with van der Waals surface area (Å²) in [6.07, 6.45) is 0.460. The van der Waals surface area contributed by atoms with Crippen LogP contribution in [0.3, 0.4) is 0 Å². The second-order valence-corrected chi connectivity index (χ2v) is 7.96. The Morgan fingerprint density at radius 1 is 0.862 bits per heavy atom. The highest BCUT2D eigenvalue weighted by Gasteiger charge is 2.26. The normalized spacial score (nSPS) is 15.0. The predicted molar refractivity (Wildman–Crippen MR) is 116 cm³/mol. The smallest absolute Gasteiger partial charge is 0.234 e. The van der Waals surface area contributed by atoms with Crippen LogP contribution in [0.1, 0.15) is 37.3 Å². The molecule has 0 atom stereocenters. The number of amides is 2. The first-order valence-electron chi connectivity index (χ1n) is 10.4. The minimum atomic E-state index is 0.0491. The zero-order chi connectivity index (χ0) is 20.6. The van der Waals surface area contributed by atoms with Gasteiger partial charge in [-0.05, 0) is 25.0 Å². The fraction of sp³-hybridized carbons (Fsp3) is 0.417. The maximum Gasteiger partial charge on any atom is 0.234 e. The summed E-state index contributed by atoms with van der Waals surface area (Å²) in [7, 11) is 0. The minimum Gasteiger partial charge on any atom is -0.353 e. The van der Waals surface area contributed by atoms with Crippen LogP contribution in [0.15, 0.2) is 60.7 Å². The third-order valence-electron chi connectivity index (χ3n) is 5.32. The van der Waals surface area contributed by atoms with Gasteiger partial charge in [-0.15, -0.1) is 0 Å². The number of nitrogens with one attached hydrogen (secondary N) is 1. The second kappa shape index (κ2) is 10.2. The van der Waals surface area contributed by atoms with Gasteiger partial charge in [0.15, 0.2) is 0 Å². The van der Waals surface area contributed by atoms with Gasteiger partial charge in [0.25, 0.3) is 0 Å². The van der Waals surface area contributed by atoms with Crippen molar-refractivity contribution < 1.29 is 9.59 Å². The van der Waals surface area contributed by atoms with Crippen LogP contribution in [0.4, 0.5) is 0 Å². The van der Waals surface area contributed by atoms with Gasteiger partial charge >= 0.3 is 0 Å². The van der Waals surface area contributed by atoms with Crippen LogP contribution < -0.4 is 5.32 Å². The van der Waals surface area contributed by atoms with Gasteiger partial charge < -0.3 is 10.2 Å². The summed E-state index contributed by atoms with van der Waals surface area (Å²) in [6.45, 7) is 7.14. The Kier molecular flexibility index (Phi) is 7.42. The summed E-state index contributed by atoms with van der Waals surface area (Å²) < 4.78 is 0. The molecular formula is C24H31N3O2. The van der Waals surface area contributed by atoms with Crippen LogP contribution in [0.25, 0.3) is 0 Å². The van der Waals surface area contributed by atoms with Crippen LogP contribution in [0.5, 0.6) is 0 Å². The zero-order valence-corrected chi connectivity index (χ0v) is 17.4. The zero-order valence-electron chi connectivity index (χ0n) is 17.4. The lowest BCUT2D eigenvalue weighted by atomic mass is 9.88. The molecule has 0 aliphatic carbocycles. The molecule has 1 saturated heterocycles. The van der Waals surface area contributed by atoms with Gasteiger partial charge in [-0.25, -0.2) is 0 Å². The lowest BCUT2D eigenvalue weighted by molar-refractivity contribution is -0.133. The summed E-state index contributed by atoms with van der Waals surface area (Å²) in [6, 6.07) is 20.6. The van der Waals surface area contributed by atoms with Crippen molar-refractivity contribution in [3.8, 4) is 0 Å². The van der Waals surface area contributed by atoms with E-state index in [1.54, 1.807) is 0 Å². The summed E-state index contributed by atoms with van der Waals surface area (Å²) >= 11 is 0. The number of hydrogen-bond donors (Lipinski definition) is 1. The number of piperazine rings is 1. The van der Waals surface area contributed by atoms with Crippen LogP contribution in [0, 0.1) is 0 Å². The van der Waals surface area contributed by atoms with E-state index in [4.69, 9.17) is 0 Å². The Labute approximate surface area is 173 Å². The standard InChI is InChI=1S/C24H31N3O2/c1-19(2)25-23(28)18-26-13-15-27(16-14-26)24(29)17-22(20-9-5-3-6-10-20)21-11-7-4-8-12-21/h3-12,19,22H,13-18H2,1-2H3,(H,25,28). The van der Waals surface area contributed by atoms with Crippen molar-refractivity contribution in [1.82, 2.24) is 15.1 Å². The lowest BCUT2D eigenvalue weighted by Crippen LogP contribution is -2.51. The molecule has 0 saturated carbocycles. The molecule has 5 nitrogen and oxygen atoms in total. The monoisotopic (exact) mass is 393 g/mol. The fourth-order valence-corrected chi connectivity index (χ4v) is 3.83. The predicted octanol–water partition coefficient (Wildman–Crippen LogP) is 2.88. The molecule has 0 aromatic heterocycles.